The number of rotatable bonds is 3. The first kappa shape index (κ1) is 10.7. The molecule has 1 aromatic rings. The van der Waals surface area contributed by atoms with Crippen molar-refractivity contribution in [2.45, 2.75) is 26.2 Å². The van der Waals surface area contributed by atoms with E-state index in [2.05, 4.69) is 6.58 Å². The van der Waals surface area contributed by atoms with Crippen LogP contribution in [0.5, 0.6) is 0 Å². The van der Waals surface area contributed by atoms with Crippen molar-refractivity contribution in [2.75, 3.05) is 0 Å². The molecule has 0 aliphatic rings. The predicted octanol–water partition coefficient (Wildman–Crippen LogP) is 3.03. The summed E-state index contributed by atoms with van der Waals surface area (Å²) in [4.78, 5) is 11.7. The fourth-order valence-corrected chi connectivity index (χ4v) is 1.66. The maximum atomic E-state index is 11.7. The van der Waals surface area contributed by atoms with Crippen molar-refractivity contribution in [1.82, 2.24) is 0 Å². The predicted molar refractivity (Wildman–Crippen MR) is 59.4 cm³/mol. The molecular weight excluding hydrogens is 172 g/mol. The molecule has 0 fully saturated rings. The van der Waals surface area contributed by atoms with Crippen LogP contribution in [0, 0.1) is 6.92 Å². The third kappa shape index (κ3) is 1.77. The van der Waals surface area contributed by atoms with E-state index in [0.717, 1.165) is 11.1 Å². The van der Waals surface area contributed by atoms with Gasteiger partial charge in [0.25, 0.3) is 0 Å². The first-order valence-corrected chi connectivity index (χ1v) is 4.73. The Hall–Kier alpha value is -1.37. The molecule has 0 aliphatic heterocycles. The number of hydrogen-bond donors (Lipinski definition) is 0. The van der Waals surface area contributed by atoms with Crippen molar-refractivity contribution in [1.29, 1.82) is 0 Å². The van der Waals surface area contributed by atoms with Crippen LogP contribution < -0.4 is 0 Å². The molecule has 0 unspecified atom stereocenters. The second-order valence-electron chi connectivity index (χ2n) is 4.01. The van der Waals surface area contributed by atoms with Crippen molar-refractivity contribution >= 4 is 5.78 Å². The lowest BCUT2D eigenvalue weighted by atomic mass is 9.78. The van der Waals surface area contributed by atoms with Gasteiger partial charge < -0.3 is 0 Å². The average Bonchev–Trinajstić information content (AvgIpc) is 2.17. The van der Waals surface area contributed by atoms with Crippen molar-refractivity contribution in [3.63, 3.8) is 0 Å². The summed E-state index contributed by atoms with van der Waals surface area (Å²) >= 11 is 0. The molecule has 0 saturated heterocycles. The number of aryl methyl sites for hydroxylation is 1. The van der Waals surface area contributed by atoms with E-state index < -0.39 is 5.41 Å². The van der Waals surface area contributed by atoms with Crippen molar-refractivity contribution < 1.29 is 4.79 Å². The van der Waals surface area contributed by atoms with Crippen molar-refractivity contribution in [2.24, 2.45) is 0 Å². The third-order valence-electron chi connectivity index (χ3n) is 2.62. The van der Waals surface area contributed by atoms with Crippen LogP contribution in [0.3, 0.4) is 0 Å². The van der Waals surface area contributed by atoms with Crippen LogP contribution in [0.2, 0.25) is 0 Å². The number of hydrogen-bond acceptors (Lipinski definition) is 1. The van der Waals surface area contributed by atoms with Gasteiger partial charge in [-0.05, 0) is 38.0 Å². The second kappa shape index (κ2) is 3.79. The molecule has 0 amide bonds. The van der Waals surface area contributed by atoms with Gasteiger partial charge in [0.1, 0.15) is 0 Å². The highest BCUT2D eigenvalue weighted by atomic mass is 16.1. The molecule has 0 saturated carbocycles. The normalized spacial score (nSPS) is 11.1. The zero-order valence-electron chi connectivity index (χ0n) is 9.00. The van der Waals surface area contributed by atoms with E-state index in [1.54, 1.807) is 0 Å². The maximum Gasteiger partial charge on any atom is 0.165 e. The minimum Gasteiger partial charge on any atom is -0.294 e. The highest BCUT2D eigenvalue weighted by Gasteiger charge is 2.28. The molecule has 1 aromatic carbocycles. The Morgan fingerprint density at radius 3 is 2.43 bits per heavy atom. The lowest BCUT2D eigenvalue weighted by Crippen LogP contribution is -2.28. The minimum absolute atomic E-state index is 0.0619. The number of carbonyl (C=O) groups is 1. The van der Waals surface area contributed by atoms with Gasteiger partial charge in [-0.25, -0.2) is 0 Å². The van der Waals surface area contributed by atoms with Gasteiger partial charge in [0, 0.05) is 0 Å². The van der Waals surface area contributed by atoms with E-state index in [1.165, 1.54) is 6.08 Å². The van der Waals surface area contributed by atoms with Gasteiger partial charge in [0.15, 0.2) is 5.78 Å². The smallest absolute Gasteiger partial charge is 0.165 e. The van der Waals surface area contributed by atoms with Crippen LogP contribution in [-0.4, -0.2) is 5.78 Å². The molecule has 1 nitrogen and oxygen atoms in total. The summed E-state index contributed by atoms with van der Waals surface area (Å²) in [6, 6.07) is 7.96. The van der Waals surface area contributed by atoms with E-state index in [0.29, 0.717) is 0 Å². The fourth-order valence-electron chi connectivity index (χ4n) is 1.66. The van der Waals surface area contributed by atoms with Crippen LogP contribution in [0.25, 0.3) is 0 Å². The zero-order chi connectivity index (χ0) is 10.8. The topological polar surface area (TPSA) is 17.1 Å². The Balaban J connectivity index is 3.22. The molecule has 0 bridgehead atoms. The summed E-state index contributed by atoms with van der Waals surface area (Å²) in [6.45, 7) is 9.41. The number of benzene rings is 1. The Morgan fingerprint density at radius 1 is 1.36 bits per heavy atom. The molecule has 0 heterocycles. The van der Waals surface area contributed by atoms with Gasteiger partial charge in [-0.1, -0.05) is 30.8 Å². The fraction of sp³-hybridized carbons (Fsp3) is 0.308. The molecule has 1 heteroatoms. The second-order valence-corrected chi connectivity index (χ2v) is 4.01. The Labute approximate surface area is 85.5 Å². The molecule has 0 aromatic heterocycles. The van der Waals surface area contributed by atoms with E-state index >= 15 is 0 Å². The van der Waals surface area contributed by atoms with Crippen LogP contribution >= 0.6 is 0 Å². The SMILES string of the molecule is C=CC(=O)C(C)(C)c1ccccc1C. The van der Waals surface area contributed by atoms with Gasteiger partial charge >= 0.3 is 0 Å². The van der Waals surface area contributed by atoms with E-state index in [4.69, 9.17) is 0 Å². The van der Waals surface area contributed by atoms with Gasteiger partial charge in [-0.3, -0.25) is 4.79 Å². The molecule has 0 spiro atoms. The summed E-state index contributed by atoms with van der Waals surface area (Å²) in [5.41, 5.74) is 1.75. The summed E-state index contributed by atoms with van der Waals surface area (Å²) in [5.74, 6) is 0.0619. The lowest BCUT2D eigenvalue weighted by Gasteiger charge is -2.23. The standard InChI is InChI=1S/C13H16O/c1-5-12(14)13(3,4)11-9-7-6-8-10(11)2/h5-9H,1H2,2-4H3. The Morgan fingerprint density at radius 2 is 1.93 bits per heavy atom. The van der Waals surface area contributed by atoms with Crippen LogP contribution in [0.4, 0.5) is 0 Å². The Bertz CT molecular complexity index is 361. The third-order valence-corrected chi connectivity index (χ3v) is 2.62. The first-order chi connectivity index (χ1) is 6.50. The largest absolute Gasteiger partial charge is 0.294 e. The van der Waals surface area contributed by atoms with Gasteiger partial charge in [-0.15, -0.1) is 0 Å². The molecule has 14 heavy (non-hydrogen) atoms. The Kier molecular flexibility index (Phi) is 2.90. The molecule has 0 N–H and O–H groups in total. The van der Waals surface area contributed by atoms with Gasteiger partial charge in [0.05, 0.1) is 5.41 Å². The quantitative estimate of drug-likeness (QED) is 0.666. The van der Waals surface area contributed by atoms with E-state index in [-0.39, 0.29) is 5.78 Å². The summed E-state index contributed by atoms with van der Waals surface area (Å²) in [5, 5.41) is 0. The lowest BCUT2D eigenvalue weighted by molar-refractivity contribution is -0.118. The van der Waals surface area contributed by atoms with Crippen LogP contribution in [-0.2, 0) is 10.2 Å². The van der Waals surface area contributed by atoms with Crippen molar-refractivity contribution in [3.8, 4) is 0 Å². The monoisotopic (exact) mass is 188 g/mol. The molecule has 0 atom stereocenters. The maximum absolute atomic E-state index is 11.7. The summed E-state index contributed by atoms with van der Waals surface area (Å²) < 4.78 is 0. The van der Waals surface area contributed by atoms with E-state index in [1.807, 2.05) is 45.0 Å². The molecular formula is C13H16O. The minimum atomic E-state index is -0.465. The van der Waals surface area contributed by atoms with Gasteiger partial charge in [0.2, 0.25) is 0 Å². The molecule has 0 aliphatic carbocycles. The van der Waals surface area contributed by atoms with Crippen molar-refractivity contribution in [3.05, 3.63) is 48.0 Å². The average molecular weight is 188 g/mol. The van der Waals surface area contributed by atoms with Crippen LogP contribution in [0.1, 0.15) is 25.0 Å². The summed E-state index contributed by atoms with van der Waals surface area (Å²) in [6.07, 6.45) is 1.40. The summed E-state index contributed by atoms with van der Waals surface area (Å²) in [7, 11) is 0. The number of allylic oxidation sites excluding steroid dienone is 1. The highest BCUT2D eigenvalue weighted by molar-refractivity contribution is 5.98. The van der Waals surface area contributed by atoms with E-state index in [9.17, 15) is 4.79 Å². The number of ketones is 1. The highest BCUT2D eigenvalue weighted by Crippen LogP contribution is 2.27. The number of carbonyl (C=O) groups excluding carboxylic acids is 1. The molecule has 1 rings (SSSR count). The molecule has 74 valence electrons. The van der Waals surface area contributed by atoms with Gasteiger partial charge in [-0.2, -0.15) is 0 Å². The zero-order valence-corrected chi connectivity index (χ0v) is 9.00. The first-order valence-electron chi connectivity index (χ1n) is 4.73. The van der Waals surface area contributed by atoms with Crippen LogP contribution in [0.15, 0.2) is 36.9 Å². The molecule has 0 radical (unpaired) electrons.